The summed E-state index contributed by atoms with van der Waals surface area (Å²) in [5.41, 5.74) is 7.19. The maximum Gasteiger partial charge on any atom is 0.269 e. The summed E-state index contributed by atoms with van der Waals surface area (Å²) in [5, 5.41) is 2.81. The van der Waals surface area contributed by atoms with Crippen LogP contribution in [0.4, 0.5) is 8.78 Å². The van der Waals surface area contributed by atoms with Crippen LogP contribution in [-0.2, 0) is 13.2 Å². The number of rotatable bonds is 9. The molecule has 3 N–H and O–H groups in total. The Kier molecular flexibility index (Phi) is 8.35. The summed E-state index contributed by atoms with van der Waals surface area (Å²) >= 11 is 3.27. The third-order valence-electron chi connectivity index (χ3n) is 5.01. The lowest BCUT2D eigenvalue weighted by atomic mass is 10.1. The second kappa shape index (κ2) is 11.2. The average Bonchev–Trinajstić information content (AvgIpc) is 2.79. The van der Waals surface area contributed by atoms with E-state index >= 15 is 0 Å². The van der Waals surface area contributed by atoms with Gasteiger partial charge in [-0.15, -0.1) is 0 Å². The molecule has 0 bridgehead atoms. The standard InChI is InChI=1S/C24H24BrF2N3O3/c1-15-10-21(33-14-18-6-7-19(26)12-20(18)27)22(25)24(32)30(15)13-16-4-2-5-17(11-16)23(31)29-9-3-8-28/h2,4-7,10-12H,3,8-9,13-14,28H2,1H3,(H,29,31). The maximum atomic E-state index is 13.9. The number of hydrogen-bond acceptors (Lipinski definition) is 4. The van der Waals surface area contributed by atoms with Gasteiger partial charge in [0.2, 0.25) is 0 Å². The highest BCUT2D eigenvalue weighted by Gasteiger charge is 2.14. The fourth-order valence-electron chi connectivity index (χ4n) is 3.21. The van der Waals surface area contributed by atoms with Crippen molar-refractivity contribution in [3.8, 4) is 5.75 Å². The normalized spacial score (nSPS) is 10.8. The predicted molar refractivity (Wildman–Crippen MR) is 125 cm³/mol. The van der Waals surface area contributed by atoms with Crippen LogP contribution < -0.4 is 21.3 Å². The van der Waals surface area contributed by atoms with Crippen molar-refractivity contribution < 1.29 is 18.3 Å². The lowest BCUT2D eigenvalue weighted by Crippen LogP contribution is -2.26. The van der Waals surface area contributed by atoms with Gasteiger partial charge in [-0.05, 0) is 65.6 Å². The van der Waals surface area contributed by atoms with E-state index in [9.17, 15) is 18.4 Å². The van der Waals surface area contributed by atoms with Gasteiger partial charge in [-0.2, -0.15) is 0 Å². The SMILES string of the molecule is Cc1cc(OCc2ccc(F)cc2F)c(Br)c(=O)n1Cc1cccc(C(=O)NCCCN)c1. The third kappa shape index (κ3) is 6.27. The highest BCUT2D eigenvalue weighted by Crippen LogP contribution is 2.24. The van der Waals surface area contributed by atoms with Crippen molar-refractivity contribution in [2.75, 3.05) is 13.1 Å². The first-order valence-electron chi connectivity index (χ1n) is 10.3. The van der Waals surface area contributed by atoms with Crippen LogP contribution >= 0.6 is 15.9 Å². The molecule has 6 nitrogen and oxygen atoms in total. The Morgan fingerprint density at radius 3 is 2.70 bits per heavy atom. The van der Waals surface area contributed by atoms with E-state index in [1.165, 1.54) is 6.07 Å². The van der Waals surface area contributed by atoms with E-state index < -0.39 is 11.6 Å². The predicted octanol–water partition coefficient (Wildman–Crippen LogP) is 3.90. The smallest absolute Gasteiger partial charge is 0.269 e. The lowest BCUT2D eigenvalue weighted by Gasteiger charge is -2.15. The van der Waals surface area contributed by atoms with Gasteiger partial charge in [0.1, 0.15) is 28.5 Å². The summed E-state index contributed by atoms with van der Waals surface area (Å²) < 4.78 is 34.3. The van der Waals surface area contributed by atoms with Crippen LogP contribution in [0.5, 0.6) is 5.75 Å². The Balaban J connectivity index is 1.77. The molecule has 0 aliphatic rings. The number of aryl methyl sites for hydroxylation is 1. The molecule has 3 aromatic rings. The molecule has 0 atom stereocenters. The Morgan fingerprint density at radius 1 is 1.18 bits per heavy atom. The summed E-state index contributed by atoms with van der Waals surface area (Å²) in [4.78, 5) is 25.2. The fraction of sp³-hybridized carbons (Fsp3) is 0.250. The molecule has 0 radical (unpaired) electrons. The number of nitrogens with one attached hydrogen (secondary N) is 1. The molecule has 0 aliphatic carbocycles. The van der Waals surface area contributed by atoms with E-state index in [0.29, 0.717) is 30.8 Å². The maximum absolute atomic E-state index is 13.9. The van der Waals surface area contributed by atoms with Gasteiger partial charge in [-0.1, -0.05) is 12.1 Å². The van der Waals surface area contributed by atoms with Crippen LogP contribution in [0, 0.1) is 18.6 Å². The van der Waals surface area contributed by atoms with Gasteiger partial charge < -0.3 is 20.4 Å². The summed E-state index contributed by atoms with van der Waals surface area (Å²) in [6.45, 7) is 2.84. The molecule has 3 rings (SSSR count). The van der Waals surface area contributed by atoms with E-state index in [-0.39, 0.29) is 40.4 Å². The van der Waals surface area contributed by atoms with Gasteiger partial charge in [-0.25, -0.2) is 8.78 Å². The van der Waals surface area contributed by atoms with Crippen LogP contribution in [0.3, 0.4) is 0 Å². The monoisotopic (exact) mass is 519 g/mol. The molecule has 33 heavy (non-hydrogen) atoms. The fourth-order valence-corrected chi connectivity index (χ4v) is 3.65. The number of pyridine rings is 1. The first-order chi connectivity index (χ1) is 15.8. The van der Waals surface area contributed by atoms with E-state index in [0.717, 1.165) is 17.7 Å². The Bertz CT molecular complexity index is 1210. The highest BCUT2D eigenvalue weighted by atomic mass is 79.9. The summed E-state index contributed by atoms with van der Waals surface area (Å²) in [6.07, 6.45) is 0.691. The van der Waals surface area contributed by atoms with Gasteiger partial charge in [0.15, 0.2) is 0 Å². The molecule has 1 amide bonds. The van der Waals surface area contributed by atoms with Gasteiger partial charge in [0.05, 0.1) is 6.54 Å². The number of amides is 1. The van der Waals surface area contributed by atoms with Crippen LogP contribution in [-0.4, -0.2) is 23.6 Å². The van der Waals surface area contributed by atoms with Crippen molar-refractivity contribution in [3.63, 3.8) is 0 Å². The molecule has 2 aromatic carbocycles. The molecular weight excluding hydrogens is 496 g/mol. The van der Waals surface area contributed by atoms with Gasteiger partial charge in [-0.3, -0.25) is 9.59 Å². The summed E-state index contributed by atoms with van der Waals surface area (Å²) in [7, 11) is 0. The van der Waals surface area contributed by atoms with Crippen molar-refractivity contribution in [1.82, 2.24) is 9.88 Å². The van der Waals surface area contributed by atoms with Crippen molar-refractivity contribution in [2.24, 2.45) is 5.73 Å². The van der Waals surface area contributed by atoms with Crippen LogP contribution in [0.15, 0.2) is 57.8 Å². The second-order valence-corrected chi connectivity index (χ2v) is 8.27. The number of hydrogen-bond donors (Lipinski definition) is 2. The topological polar surface area (TPSA) is 86.3 Å². The van der Waals surface area contributed by atoms with E-state index in [1.54, 1.807) is 35.8 Å². The number of carbonyl (C=O) groups is 1. The average molecular weight is 520 g/mol. The van der Waals surface area contributed by atoms with Crippen LogP contribution in [0.2, 0.25) is 0 Å². The Hall–Kier alpha value is -3.04. The largest absolute Gasteiger partial charge is 0.487 e. The third-order valence-corrected chi connectivity index (χ3v) is 5.74. The number of carbonyl (C=O) groups excluding carboxylic acids is 1. The minimum atomic E-state index is -0.719. The zero-order chi connectivity index (χ0) is 24.0. The molecule has 0 fully saturated rings. The van der Waals surface area contributed by atoms with Crippen molar-refractivity contribution >= 4 is 21.8 Å². The molecule has 0 saturated heterocycles. The van der Waals surface area contributed by atoms with Gasteiger partial charge >= 0.3 is 0 Å². The van der Waals surface area contributed by atoms with Crippen molar-refractivity contribution in [1.29, 1.82) is 0 Å². The minimum Gasteiger partial charge on any atom is -0.487 e. The first kappa shape index (κ1) is 24.6. The summed E-state index contributed by atoms with van der Waals surface area (Å²) in [5.74, 6) is -1.34. The second-order valence-electron chi connectivity index (χ2n) is 7.48. The quantitative estimate of drug-likeness (QED) is 0.419. The minimum absolute atomic E-state index is 0.158. The van der Waals surface area contributed by atoms with Crippen LogP contribution in [0.25, 0.3) is 0 Å². The number of aromatic nitrogens is 1. The molecule has 174 valence electrons. The van der Waals surface area contributed by atoms with E-state index in [4.69, 9.17) is 10.5 Å². The summed E-state index contributed by atoms with van der Waals surface area (Å²) in [6, 6.07) is 11.9. The highest BCUT2D eigenvalue weighted by molar-refractivity contribution is 9.10. The lowest BCUT2D eigenvalue weighted by molar-refractivity contribution is 0.0953. The van der Waals surface area contributed by atoms with Gasteiger partial charge in [0.25, 0.3) is 11.5 Å². The molecule has 0 saturated carbocycles. The number of nitrogens with zero attached hydrogens (tertiary/aromatic N) is 1. The van der Waals surface area contributed by atoms with E-state index in [2.05, 4.69) is 21.2 Å². The van der Waals surface area contributed by atoms with Crippen molar-refractivity contribution in [2.45, 2.75) is 26.5 Å². The molecule has 0 spiro atoms. The number of benzene rings is 2. The number of nitrogens with two attached hydrogens (primary N) is 1. The van der Waals surface area contributed by atoms with Crippen molar-refractivity contribution in [3.05, 3.63) is 97.4 Å². The van der Waals surface area contributed by atoms with Crippen LogP contribution in [0.1, 0.15) is 33.6 Å². The molecule has 1 aromatic heterocycles. The molecular formula is C24H24BrF2N3O3. The molecule has 1 heterocycles. The van der Waals surface area contributed by atoms with Gasteiger partial charge in [0, 0.05) is 35.5 Å². The molecule has 9 heteroatoms. The number of halogens is 3. The Morgan fingerprint density at radius 2 is 1.97 bits per heavy atom. The zero-order valence-corrected chi connectivity index (χ0v) is 19.6. The van der Waals surface area contributed by atoms with E-state index in [1.807, 2.05) is 6.07 Å². The molecule has 0 aliphatic heterocycles. The zero-order valence-electron chi connectivity index (χ0n) is 18.0. The molecule has 0 unspecified atom stereocenters. The number of ether oxygens (including phenoxy) is 1. The first-order valence-corrected chi connectivity index (χ1v) is 11.1. The Labute approximate surface area is 198 Å².